The standard InChI is InChI=1S/C19H23FN6O3/c1-3-29-18(27)13-10-21-26(11-13)19-22-14-15(17(23-19)28-2)25(24-16(14)20)9-8-12-6-4-5-7-12/h10-12H,3-9H2,1-2H3. The normalized spacial score (nSPS) is 14.6. The van der Waals surface area contributed by atoms with Gasteiger partial charge >= 0.3 is 5.97 Å². The lowest BCUT2D eigenvalue weighted by Gasteiger charge is -2.10. The predicted molar refractivity (Wildman–Crippen MR) is 101 cm³/mol. The Labute approximate surface area is 166 Å². The number of ether oxygens (including phenoxy) is 2. The highest BCUT2D eigenvalue weighted by atomic mass is 19.1. The van der Waals surface area contributed by atoms with Gasteiger partial charge in [-0.25, -0.2) is 14.5 Å². The first-order valence-corrected chi connectivity index (χ1v) is 9.81. The second kappa shape index (κ2) is 8.14. The van der Waals surface area contributed by atoms with Gasteiger partial charge in [0.2, 0.25) is 5.88 Å². The van der Waals surface area contributed by atoms with Crippen LogP contribution < -0.4 is 4.74 Å². The Morgan fingerprint density at radius 2 is 2.10 bits per heavy atom. The van der Waals surface area contributed by atoms with Crippen LogP contribution in [0.15, 0.2) is 12.4 Å². The summed E-state index contributed by atoms with van der Waals surface area (Å²) in [5.74, 6) is -0.252. The lowest BCUT2D eigenvalue weighted by atomic mass is 10.0. The van der Waals surface area contributed by atoms with Crippen LogP contribution in [0.5, 0.6) is 5.88 Å². The minimum atomic E-state index is -0.689. The number of hydrogen-bond donors (Lipinski definition) is 0. The van der Waals surface area contributed by atoms with Gasteiger partial charge in [-0.2, -0.15) is 14.5 Å². The molecule has 0 aromatic carbocycles. The molecular formula is C19H23FN6O3. The third-order valence-electron chi connectivity index (χ3n) is 5.22. The molecule has 0 atom stereocenters. The van der Waals surface area contributed by atoms with Gasteiger partial charge in [0.15, 0.2) is 11.0 Å². The number of rotatable bonds is 7. The van der Waals surface area contributed by atoms with Crippen LogP contribution in [0.4, 0.5) is 4.39 Å². The van der Waals surface area contributed by atoms with Gasteiger partial charge in [0, 0.05) is 12.7 Å². The molecule has 0 spiro atoms. The summed E-state index contributed by atoms with van der Waals surface area (Å²) in [5.41, 5.74) is 0.734. The Kier molecular flexibility index (Phi) is 5.41. The van der Waals surface area contributed by atoms with Gasteiger partial charge in [-0.1, -0.05) is 25.7 Å². The zero-order valence-corrected chi connectivity index (χ0v) is 16.5. The summed E-state index contributed by atoms with van der Waals surface area (Å²) in [6, 6.07) is 0. The Morgan fingerprint density at radius 3 is 2.83 bits per heavy atom. The van der Waals surface area contributed by atoms with E-state index >= 15 is 0 Å². The summed E-state index contributed by atoms with van der Waals surface area (Å²) in [6.07, 6.45) is 8.64. The summed E-state index contributed by atoms with van der Waals surface area (Å²) >= 11 is 0. The monoisotopic (exact) mass is 402 g/mol. The van der Waals surface area contributed by atoms with Gasteiger partial charge in [-0.3, -0.25) is 4.68 Å². The fraction of sp³-hybridized carbons (Fsp3) is 0.526. The van der Waals surface area contributed by atoms with E-state index in [2.05, 4.69) is 20.2 Å². The third kappa shape index (κ3) is 3.79. The van der Waals surface area contributed by atoms with Crippen molar-refractivity contribution in [2.24, 2.45) is 5.92 Å². The fourth-order valence-corrected chi connectivity index (χ4v) is 3.77. The first-order valence-electron chi connectivity index (χ1n) is 9.81. The van der Waals surface area contributed by atoms with Crippen LogP contribution in [0, 0.1) is 11.9 Å². The van der Waals surface area contributed by atoms with E-state index in [1.54, 1.807) is 11.6 Å². The molecule has 29 heavy (non-hydrogen) atoms. The van der Waals surface area contributed by atoms with E-state index in [4.69, 9.17) is 9.47 Å². The van der Waals surface area contributed by atoms with E-state index < -0.39 is 11.9 Å². The quantitative estimate of drug-likeness (QED) is 0.561. The smallest absolute Gasteiger partial charge is 0.341 e. The van der Waals surface area contributed by atoms with E-state index in [-0.39, 0.29) is 29.5 Å². The molecule has 10 heteroatoms. The van der Waals surface area contributed by atoms with E-state index in [0.29, 0.717) is 18.0 Å². The Balaban J connectivity index is 1.67. The van der Waals surface area contributed by atoms with Crippen molar-refractivity contribution in [2.45, 2.75) is 45.6 Å². The minimum absolute atomic E-state index is 0.0615. The molecule has 0 aliphatic heterocycles. The van der Waals surface area contributed by atoms with Crippen LogP contribution in [-0.2, 0) is 11.3 Å². The molecule has 4 rings (SSSR count). The van der Waals surface area contributed by atoms with Gasteiger partial charge in [0.25, 0.3) is 11.9 Å². The number of aryl methyl sites for hydroxylation is 1. The van der Waals surface area contributed by atoms with Crippen LogP contribution in [0.3, 0.4) is 0 Å². The van der Waals surface area contributed by atoms with E-state index in [1.165, 1.54) is 49.9 Å². The summed E-state index contributed by atoms with van der Waals surface area (Å²) in [4.78, 5) is 20.5. The van der Waals surface area contributed by atoms with Crippen LogP contribution in [0.1, 0.15) is 49.4 Å². The summed E-state index contributed by atoms with van der Waals surface area (Å²) < 4.78 is 27.8. The van der Waals surface area contributed by atoms with Crippen LogP contribution >= 0.6 is 0 Å². The third-order valence-corrected chi connectivity index (χ3v) is 5.22. The molecule has 0 bridgehead atoms. The van der Waals surface area contributed by atoms with E-state index in [9.17, 15) is 9.18 Å². The molecule has 1 aliphatic carbocycles. The zero-order chi connectivity index (χ0) is 20.4. The second-order valence-electron chi connectivity index (χ2n) is 7.08. The number of halogens is 1. The number of hydrogen-bond acceptors (Lipinski definition) is 7. The molecule has 1 aliphatic rings. The molecule has 0 unspecified atom stereocenters. The molecule has 3 aromatic rings. The van der Waals surface area contributed by atoms with E-state index in [1.807, 2.05) is 0 Å². The zero-order valence-electron chi connectivity index (χ0n) is 16.5. The fourth-order valence-electron chi connectivity index (χ4n) is 3.77. The molecule has 1 fully saturated rings. The molecule has 9 nitrogen and oxygen atoms in total. The average Bonchev–Trinajstić information content (AvgIpc) is 3.47. The predicted octanol–water partition coefficient (Wildman–Crippen LogP) is 2.92. The molecule has 1 saturated carbocycles. The highest BCUT2D eigenvalue weighted by molar-refractivity contribution is 5.88. The van der Waals surface area contributed by atoms with Gasteiger partial charge < -0.3 is 9.47 Å². The van der Waals surface area contributed by atoms with Crippen molar-refractivity contribution < 1.29 is 18.7 Å². The summed E-state index contributed by atoms with van der Waals surface area (Å²) in [6.45, 7) is 2.56. The van der Waals surface area contributed by atoms with Gasteiger partial charge in [-0.15, -0.1) is 5.10 Å². The average molecular weight is 402 g/mol. The first-order chi connectivity index (χ1) is 14.1. The molecule has 3 heterocycles. The maximum atomic E-state index is 14.6. The summed E-state index contributed by atoms with van der Waals surface area (Å²) in [7, 11) is 1.46. The molecule has 3 aromatic heterocycles. The van der Waals surface area contributed by atoms with Gasteiger partial charge in [0.05, 0.1) is 25.5 Å². The van der Waals surface area contributed by atoms with E-state index in [0.717, 1.165) is 6.42 Å². The van der Waals surface area contributed by atoms with Crippen molar-refractivity contribution in [3.8, 4) is 11.8 Å². The topological polar surface area (TPSA) is 96.9 Å². The number of methoxy groups -OCH3 is 1. The van der Waals surface area contributed by atoms with Crippen molar-refractivity contribution in [2.75, 3.05) is 13.7 Å². The van der Waals surface area contributed by atoms with Crippen LogP contribution in [0.2, 0.25) is 0 Å². The Hall–Kier alpha value is -3.04. The van der Waals surface area contributed by atoms with Gasteiger partial charge in [-0.05, 0) is 19.3 Å². The van der Waals surface area contributed by atoms with Crippen LogP contribution in [0.25, 0.3) is 17.0 Å². The molecule has 0 saturated heterocycles. The highest BCUT2D eigenvalue weighted by Crippen LogP contribution is 2.30. The largest absolute Gasteiger partial charge is 0.479 e. The van der Waals surface area contributed by atoms with Crippen LogP contribution in [-0.4, -0.2) is 49.2 Å². The molecule has 0 amide bonds. The molecule has 0 N–H and O–H groups in total. The van der Waals surface area contributed by atoms with Crippen molar-refractivity contribution >= 4 is 17.0 Å². The van der Waals surface area contributed by atoms with Crippen molar-refractivity contribution in [1.29, 1.82) is 0 Å². The maximum absolute atomic E-state index is 14.6. The van der Waals surface area contributed by atoms with Crippen molar-refractivity contribution in [3.63, 3.8) is 0 Å². The Morgan fingerprint density at radius 1 is 1.31 bits per heavy atom. The first kappa shape index (κ1) is 19.3. The number of esters is 1. The number of aromatic nitrogens is 6. The lowest BCUT2D eigenvalue weighted by Crippen LogP contribution is -2.08. The molecule has 0 radical (unpaired) electrons. The number of nitrogens with zero attached hydrogens (tertiary/aromatic N) is 6. The second-order valence-corrected chi connectivity index (χ2v) is 7.08. The molecule has 154 valence electrons. The maximum Gasteiger partial charge on any atom is 0.341 e. The SMILES string of the molecule is CCOC(=O)c1cnn(-c2nc(OC)c3c(n2)c(F)nn3CCC2CCCC2)c1. The highest BCUT2D eigenvalue weighted by Gasteiger charge is 2.22. The minimum Gasteiger partial charge on any atom is -0.479 e. The number of carbonyl (C=O) groups is 1. The Bertz CT molecular complexity index is 1020. The summed E-state index contributed by atoms with van der Waals surface area (Å²) in [5, 5.41) is 8.10. The molecular weight excluding hydrogens is 379 g/mol. The number of carbonyl (C=O) groups excluding carboxylic acids is 1. The van der Waals surface area contributed by atoms with Gasteiger partial charge in [0.1, 0.15) is 0 Å². The van der Waals surface area contributed by atoms with Crippen molar-refractivity contribution in [3.05, 3.63) is 23.9 Å². The van der Waals surface area contributed by atoms with Crippen molar-refractivity contribution in [1.82, 2.24) is 29.5 Å². The lowest BCUT2D eigenvalue weighted by molar-refractivity contribution is 0.0526. The number of fused-ring (bicyclic) bond motifs is 1.